The molecular formula is C20H33FN4O. The molecule has 2 saturated heterocycles. The van der Waals surface area contributed by atoms with Crippen LogP contribution in [0.5, 0.6) is 0 Å². The number of halogens is 1. The Bertz CT molecular complexity index is 553. The maximum atomic E-state index is 13.2. The lowest BCUT2D eigenvalue weighted by Gasteiger charge is -2.43. The number of benzene rings is 1. The molecular weight excluding hydrogens is 331 g/mol. The van der Waals surface area contributed by atoms with Gasteiger partial charge in [0.25, 0.3) is 0 Å². The van der Waals surface area contributed by atoms with Gasteiger partial charge in [-0.3, -0.25) is 10.3 Å². The Morgan fingerprint density at radius 1 is 1.23 bits per heavy atom. The quantitative estimate of drug-likeness (QED) is 0.686. The van der Waals surface area contributed by atoms with Crippen molar-refractivity contribution < 1.29 is 9.50 Å². The van der Waals surface area contributed by atoms with Crippen molar-refractivity contribution in [1.82, 2.24) is 20.7 Å². The Kier molecular flexibility index (Phi) is 7.00. The number of hydrogen-bond acceptors (Lipinski definition) is 5. The fourth-order valence-corrected chi connectivity index (χ4v) is 4.32. The highest BCUT2D eigenvalue weighted by Crippen LogP contribution is 2.27. The van der Waals surface area contributed by atoms with Crippen molar-refractivity contribution in [3.63, 3.8) is 0 Å². The molecule has 1 aromatic carbocycles. The molecule has 0 amide bonds. The van der Waals surface area contributed by atoms with Crippen molar-refractivity contribution >= 4 is 0 Å². The first-order valence-corrected chi connectivity index (χ1v) is 9.88. The summed E-state index contributed by atoms with van der Waals surface area (Å²) < 4.78 is 13.2. The van der Waals surface area contributed by atoms with Gasteiger partial charge in [0.05, 0.1) is 6.04 Å². The first kappa shape index (κ1) is 19.7. The van der Waals surface area contributed by atoms with Crippen LogP contribution in [-0.2, 0) is 0 Å². The van der Waals surface area contributed by atoms with Crippen LogP contribution in [-0.4, -0.2) is 66.8 Å². The van der Waals surface area contributed by atoms with Crippen LogP contribution < -0.4 is 10.9 Å². The van der Waals surface area contributed by atoms with Gasteiger partial charge in [0.1, 0.15) is 5.82 Å². The molecule has 3 N–H and O–H groups in total. The van der Waals surface area contributed by atoms with Crippen LogP contribution in [0.1, 0.15) is 31.9 Å². The Hall–Kier alpha value is -1.05. The molecule has 6 heteroatoms. The maximum Gasteiger partial charge on any atom is 0.123 e. The predicted octanol–water partition coefficient (Wildman–Crippen LogP) is 1.62. The number of nitrogens with one attached hydrogen (secondary N) is 2. The second-order valence-corrected chi connectivity index (χ2v) is 8.13. The number of nitrogens with zero attached hydrogens (tertiary/aromatic N) is 2. The second kappa shape index (κ2) is 9.24. The molecule has 3 rings (SSSR count). The average Bonchev–Trinajstić information content (AvgIpc) is 3.06. The van der Waals surface area contributed by atoms with Gasteiger partial charge in [-0.25, -0.2) is 9.82 Å². The molecule has 2 fully saturated rings. The molecule has 0 aromatic heterocycles. The predicted molar refractivity (Wildman–Crippen MR) is 102 cm³/mol. The highest BCUT2D eigenvalue weighted by atomic mass is 19.1. The topological polar surface area (TPSA) is 50.8 Å². The molecule has 2 aliphatic heterocycles. The number of aliphatic hydroxyl groups is 1. The van der Waals surface area contributed by atoms with Gasteiger partial charge in [-0.15, -0.1) is 0 Å². The van der Waals surface area contributed by atoms with Crippen LogP contribution in [0.25, 0.3) is 0 Å². The molecule has 0 radical (unpaired) electrons. The summed E-state index contributed by atoms with van der Waals surface area (Å²) >= 11 is 0. The minimum atomic E-state index is -0.190. The Balaban J connectivity index is 1.60. The highest BCUT2D eigenvalue weighted by Gasteiger charge is 2.33. The maximum absolute atomic E-state index is 13.2. The van der Waals surface area contributed by atoms with Crippen molar-refractivity contribution in [3.05, 3.63) is 35.6 Å². The summed E-state index contributed by atoms with van der Waals surface area (Å²) in [5.74, 6) is 0.907. The molecule has 3 unspecified atom stereocenters. The molecule has 2 aliphatic rings. The van der Waals surface area contributed by atoms with Crippen LogP contribution in [0.3, 0.4) is 0 Å². The molecule has 5 nitrogen and oxygen atoms in total. The lowest BCUT2D eigenvalue weighted by molar-refractivity contribution is 0.0436. The minimum absolute atomic E-state index is 0.190. The van der Waals surface area contributed by atoms with E-state index in [0.717, 1.165) is 51.3 Å². The van der Waals surface area contributed by atoms with E-state index < -0.39 is 0 Å². The first-order chi connectivity index (χ1) is 12.6. The van der Waals surface area contributed by atoms with Gasteiger partial charge < -0.3 is 10.0 Å². The fraction of sp³-hybridized carbons (Fsp3) is 0.700. The van der Waals surface area contributed by atoms with Crippen LogP contribution in [0.4, 0.5) is 4.39 Å². The SMILES string of the molecule is CC(C)CN1CCN(CC2CNNC2c2ccc(F)cc2)CC1CCO. The summed E-state index contributed by atoms with van der Waals surface area (Å²) in [4.78, 5) is 5.08. The van der Waals surface area contributed by atoms with E-state index in [1.54, 1.807) is 0 Å². The summed E-state index contributed by atoms with van der Waals surface area (Å²) in [6.07, 6.45) is 0.839. The molecule has 2 heterocycles. The van der Waals surface area contributed by atoms with Gasteiger partial charge in [0.15, 0.2) is 0 Å². The molecule has 0 bridgehead atoms. The lowest BCUT2D eigenvalue weighted by Crippen LogP contribution is -2.55. The third-order valence-corrected chi connectivity index (χ3v) is 5.57. The zero-order valence-corrected chi connectivity index (χ0v) is 16.0. The smallest absolute Gasteiger partial charge is 0.123 e. The molecule has 0 aliphatic carbocycles. The summed E-state index contributed by atoms with van der Waals surface area (Å²) in [5, 5.41) is 9.46. The van der Waals surface area contributed by atoms with Gasteiger partial charge in [-0.2, -0.15) is 0 Å². The average molecular weight is 365 g/mol. The summed E-state index contributed by atoms with van der Waals surface area (Å²) in [6, 6.07) is 7.47. The Morgan fingerprint density at radius 3 is 2.69 bits per heavy atom. The summed E-state index contributed by atoms with van der Waals surface area (Å²) in [6.45, 7) is 10.9. The van der Waals surface area contributed by atoms with E-state index in [0.29, 0.717) is 17.9 Å². The number of aliphatic hydroxyl groups excluding tert-OH is 1. The monoisotopic (exact) mass is 364 g/mol. The Morgan fingerprint density at radius 2 is 2.00 bits per heavy atom. The van der Waals surface area contributed by atoms with E-state index >= 15 is 0 Å². The first-order valence-electron chi connectivity index (χ1n) is 9.88. The van der Waals surface area contributed by atoms with Crippen LogP contribution >= 0.6 is 0 Å². The van der Waals surface area contributed by atoms with Crippen LogP contribution in [0, 0.1) is 17.7 Å². The van der Waals surface area contributed by atoms with Gasteiger partial charge in [0, 0.05) is 57.8 Å². The van der Waals surface area contributed by atoms with Gasteiger partial charge in [-0.1, -0.05) is 26.0 Å². The van der Waals surface area contributed by atoms with Gasteiger partial charge in [0.2, 0.25) is 0 Å². The zero-order valence-electron chi connectivity index (χ0n) is 16.0. The molecule has 0 saturated carbocycles. The minimum Gasteiger partial charge on any atom is -0.396 e. The van der Waals surface area contributed by atoms with Crippen molar-refractivity contribution in [2.45, 2.75) is 32.4 Å². The van der Waals surface area contributed by atoms with Crippen molar-refractivity contribution in [2.75, 3.05) is 45.9 Å². The normalized spacial score (nSPS) is 28.1. The van der Waals surface area contributed by atoms with E-state index in [4.69, 9.17) is 0 Å². The largest absolute Gasteiger partial charge is 0.396 e. The second-order valence-electron chi connectivity index (χ2n) is 8.13. The van der Waals surface area contributed by atoms with E-state index in [1.807, 2.05) is 12.1 Å². The standard InChI is InChI=1S/C20H33FN4O/c1-15(2)12-25-9-8-24(14-19(25)7-10-26)13-17-11-22-23-20(17)16-3-5-18(21)6-4-16/h3-6,15,17,19-20,22-23,26H,7-14H2,1-2H3. The van der Waals surface area contributed by atoms with E-state index in [9.17, 15) is 9.50 Å². The van der Waals surface area contributed by atoms with Crippen molar-refractivity contribution in [3.8, 4) is 0 Å². The van der Waals surface area contributed by atoms with Gasteiger partial charge in [-0.05, 0) is 30.0 Å². The highest BCUT2D eigenvalue weighted by molar-refractivity contribution is 5.21. The number of hydrogen-bond donors (Lipinski definition) is 3. The summed E-state index contributed by atoms with van der Waals surface area (Å²) in [5.41, 5.74) is 7.76. The third-order valence-electron chi connectivity index (χ3n) is 5.57. The van der Waals surface area contributed by atoms with Gasteiger partial charge >= 0.3 is 0 Å². The molecule has 26 heavy (non-hydrogen) atoms. The van der Waals surface area contributed by atoms with Crippen molar-refractivity contribution in [1.29, 1.82) is 0 Å². The lowest BCUT2D eigenvalue weighted by atomic mass is 9.93. The zero-order chi connectivity index (χ0) is 18.5. The fourth-order valence-electron chi connectivity index (χ4n) is 4.32. The number of hydrazine groups is 1. The van der Waals surface area contributed by atoms with E-state index in [-0.39, 0.29) is 18.5 Å². The Labute approximate surface area is 156 Å². The van der Waals surface area contributed by atoms with E-state index in [2.05, 4.69) is 34.5 Å². The third kappa shape index (κ3) is 5.02. The summed E-state index contributed by atoms with van der Waals surface area (Å²) in [7, 11) is 0. The van der Waals surface area contributed by atoms with Crippen LogP contribution in [0.2, 0.25) is 0 Å². The van der Waals surface area contributed by atoms with Crippen LogP contribution in [0.15, 0.2) is 24.3 Å². The number of piperazine rings is 1. The molecule has 146 valence electrons. The molecule has 1 aromatic rings. The molecule has 3 atom stereocenters. The van der Waals surface area contributed by atoms with E-state index in [1.165, 1.54) is 12.1 Å². The van der Waals surface area contributed by atoms with Crippen molar-refractivity contribution in [2.24, 2.45) is 11.8 Å². The number of rotatable bonds is 7. The molecule has 0 spiro atoms.